The normalized spacial score (nSPS) is 15.0. The van der Waals surface area contributed by atoms with Gasteiger partial charge in [0.2, 0.25) is 0 Å². The number of benzene rings is 3. The lowest BCUT2D eigenvalue weighted by molar-refractivity contribution is -0.138. The maximum Gasteiger partial charge on any atom is 0.416 e. The van der Waals surface area contributed by atoms with E-state index in [1.165, 1.54) is 42.7 Å². The van der Waals surface area contributed by atoms with Gasteiger partial charge in [-0.25, -0.2) is 8.78 Å². The number of thioether (sulfide) groups is 1. The van der Waals surface area contributed by atoms with E-state index in [1.807, 2.05) is 6.07 Å². The van der Waals surface area contributed by atoms with E-state index in [9.17, 15) is 18.0 Å². The van der Waals surface area contributed by atoms with Crippen LogP contribution in [-0.4, -0.2) is 30.3 Å². The van der Waals surface area contributed by atoms with E-state index >= 15 is 8.78 Å². The third kappa shape index (κ3) is 5.29. The molecule has 1 aliphatic rings. The number of alkyl halides is 3. The first-order valence-corrected chi connectivity index (χ1v) is 13.8. The molecule has 1 atom stereocenters. The first-order valence-electron chi connectivity index (χ1n) is 12.8. The summed E-state index contributed by atoms with van der Waals surface area (Å²) in [5, 5.41) is 4.56. The van der Waals surface area contributed by atoms with Crippen molar-refractivity contribution >= 4 is 17.5 Å². The molecule has 0 spiro atoms. The van der Waals surface area contributed by atoms with Crippen molar-refractivity contribution in [3.8, 4) is 16.9 Å². The number of halogens is 5. The summed E-state index contributed by atoms with van der Waals surface area (Å²) < 4.78 is 78.9. The van der Waals surface area contributed by atoms with Crippen LogP contribution in [0.25, 0.3) is 11.1 Å². The average Bonchev–Trinajstić information content (AvgIpc) is 3.40. The predicted octanol–water partition coefficient (Wildman–Crippen LogP) is 7.42. The third-order valence-electron chi connectivity index (χ3n) is 7.23. The minimum Gasteiger partial charge on any atom is -0.497 e. The number of hydrogen-bond acceptors (Lipinski definition) is 5. The average molecular weight is 601 g/mol. The van der Waals surface area contributed by atoms with Gasteiger partial charge in [-0.05, 0) is 42.3 Å². The van der Waals surface area contributed by atoms with Crippen LogP contribution in [0.3, 0.4) is 0 Å². The van der Waals surface area contributed by atoms with Crippen molar-refractivity contribution in [3.05, 3.63) is 117 Å². The Balaban J connectivity index is 1.81. The Kier molecular flexibility index (Phi) is 8.14. The van der Waals surface area contributed by atoms with Crippen LogP contribution < -0.4 is 10.3 Å². The molecule has 0 aliphatic carbocycles. The van der Waals surface area contributed by atoms with E-state index in [-0.39, 0.29) is 33.8 Å². The van der Waals surface area contributed by atoms with Crippen molar-refractivity contribution in [2.75, 3.05) is 20.0 Å². The molecule has 5 rings (SSSR count). The monoisotopic (exact) mass is 600 g/mol. The van der Waals surface area contributed by atoms with Crippen molar-refractivity contribution in [2.45, 2.75) is 30.6 Å². The molecular formula is C31H25F5N2O3S. The molecule has 0 amide bonds. The van der Waals surface area contributed by atoms with Crippen molar-refractivity contribution < 1.29 is 31.5 Å². The largest absolute Gasteiger partial charge is 0.497 e. The summed E-state index contributed by atoms with van der Waals surface area (Å²) >= 11 is 1.24. The molecule has 0 N–H and O–H groups in total. The smallest absolute Gasteiger partial charge is 0.416 e. The lowest BCUT2D eigenvalue weighted by atomic mass is 9.92. The fourth-order valence-corrected chi connectivity index (χ4v) is 6.62. The fourth-order valence-electron chi connectivity index (χ4n) is 5.25. The second kappa shape index (κ2) is 11.6. The number of ether oxygens (including phenoxy) is 1. The zero-order valence-electron chi connectivity index (χ0n) is 22.8. The highest BCUT2D eigenvalue weighted by Crippen LogP contribution is 2.43. The first-order chi connectivity index (χ1) is 20.1. The lowest BCUT2D eigenvalue weighted by Gasteiger charge is -2.22. The summed E-state index contributed by atoms with van der Waals surface area (Å²) in [4.78, 5) is 19.4. The number of methoxy groups -OCH3 is 1. The Bertz CT molecular complexity index is 1740. The van der Waals surface area contributed by atoms with Crippen LogP contribution in [0.2, 0.25) is 0 Å². The fraction of sp³-hybridized carbons (Fsp3) is 0.226. The molecule has 2 heterocycles. The number of nitrogens with zero attached hydrogens (tertiary/aromatic N) is 2. The van der Waals surface area contributed by atoms with Gasteiger partial charge in [-0.2, -0.15) is 13.2 Å². The van der Waals surface area contributed by atoms with Crippen LogP contribution in [0.1, 0.15) is 33.9 Å². The highest BCUT2D eigenvalue weighted by molar-refractivity contribution is 7.99. The summed E-state index contributed by atoms with van der Waals surface area (Å²) in [5.74, 6) is -1.27. The molecule has 0 radical (unpaired) electrons. The third-order valence-corrected chi connectivity index (χ3v) is 8.42. The molecule has 1 aliphatic heterocycles. The van der Waals surface area contributed by atoms with E-state index in [0.717, 1.165) is 24.3 Å². The first kappa shape index (κ1) is 29.4. The molecule has 1 aromatic heterocycles. The molecule has 0 fully saturated rings. The van der Waals surface area contributed by atoms with Crippen LogP contribution in [0, 0.1) is 18.6 Å². The SMILES string of the molecule is CO/N=C(\c1ccccc1)C1CSc2c(Cc3c(F)cccc3C(F)(F)F)c(C)c(-c3ccc(OC)cc3F)c(=O)n21. The van der Waals surface area contributed by atoms with Crippen LogP contribution >= 0.6 is 11.8 Å². The van der Waals surface area contributed by atoms with E-state index in [0.29, 0.717) is 16.3 Å². The molecule has 4 aromatic rings. The number of oxime groups is 1. The summed E-state index contributed by atoms with van der Waals surface area (Å²) in [5.41, 5.74) is -0.729. The second-order valence-corrected chi connectivity index (χ2v) is 10.6. The highest BCUT2D eigenvalue weighted by Gasteiger charge is 2.38. The zero-order valence-corrected chi connectivity index (χ0v) is 23.6. The number of pyridine rings is 1. The molecule has 0 bridgehead atoms. The quantitative estimate of drug-likeness (QED) is 0.126. The molecule has 0 saturated carbocycles. The molecule has 1 unspecified atom stereocenters. The Morgan fingerprint density at radius 3 is 2.38 bits per heavy atom. The Morgan fingerprint density at radius 2 is 1.74 bits per heavy atom. The second-order valence-electron chi connectivity index (χ2n) is 9.60. The van der Waals surface area contributed by atoms with Gasteiger partial charge in [0.25, 0.3) is 5.56 Å². The number of hydrogen-bond donors (Lipinski definition) is 0. The van der Waals surface area contributed by atoms with Crippen LogP contribution in [0.15, 0.2) is 81.7 Å². The van der Waals surface area contributed by atoms with Crippen LogP contribution in [0.5, 0.6) is 5.75 Å². The summed E-state index contributed by atoms with van der Waals surface area (Å²) in [7, 11) is 2.74. The van der Waals surface area contributed by atoms with Crippen LogP contribution in [-0.2, 0) is 17.4 Å². The number of rotatable bonds is 7. The van der Waals surface area contributed by atoms with Crippen molar-refractivity contribution in [3.63, 3.8) is 0 Å². The maximum absolute atomic E-state index is 15.4. The summed E-state index contributed by atoms with van der Waals surface area (Å²) in [6.45, 7) is 1.54. The summed E-state index contributed by atoms with van der Waals surface area (Å²) in [6.07, 6.45) is -5.29. The number of fused-ring (bicyclic) bond motifs is 1. The summed E-state index contributed by atoms with van der Waals surface area (Å²) in [6, 6.07) is 15.1. The van der Waals surface area contributed by atoms with Crippen molar-refractivity contribution in [1.29, 1.82) is 0 Å². The van der Waals surface area contributed by atoms with Gasteiger partial charge in [0.05, 0.1) is 29.3 Å². The standard InChI is InChI=1S/C31H25F5N2O3S/c1-17-21(15-22-23(31(34,35)36)10-7-11-24(22)32)30-38(29(39)27(17)20-13-12-19(40-2)14-25(20)33)26(16-42-30)28(37-41-3)18-8-5-4-6-9-18/h4-14,26H,15-16H2,1-3H3/b37-28+. The van der Waals surface area contributed by atoms with Gasteiger partial charge in [0.1, 0.15) is 30.2 Å². The van der Waals surface area contributed by atoms with Gasteiger partial charge in [-0.1, -0.05) is 41.6 Å². The van der Waals surface area contributed by atoms with E-state index in [4.69, 9.17) is 9.57 Å². The van der Waals surface area contributed by atoms with Gasteiger partial charge >= 0.3 is 6.18 Å². The maximum atomic E-state index is 15.4. The molecule has 218 valence electrons. The molecular weight excluding hydrogens is 575 g/mol. The van der Waals surface area contributed by atoms with E-state index < -0.39 is 47.0 Å². The zero-order chi connectivity index (χ0) is 30.2. The van der Waals surface area contributed by atoms with E-state index in [2.05, 4.69) is 5.16 Å². The van der Waals surface area contributed by atoms with Gasteiger partial charge in [-0.15, -0.1) is 11.8 Å². The Morgan fingerprint density at radius 1 is 1.00 bits per heavy atom. The number of aromatic nitrogens is 1. The predicted molar refractivity (Wildman–Crippen MR) is 151 cm³/mol. The van der Waals surface area contributed by atoms with Gasteiger partial charge < -0.3 is 9.57 Å². The Hall–Kier alpha value is -4.12. The molecule has 0 saturated heterocycles. The Labute approximate surface area is 242 Å². The molecule has 5 nitrogen and oxygen atoms in total. The van der Waals surface area contributed by atoms with E-state index in [1.54, 1.807) is 31.2 Å². The van der Waals surface area contributed by atoms with Crippen molar-refractivity contribution in [1.82, 2.24) is 4.57 Å². The molecule has 42 heavy (non-hydrogen) atoms. The molecule has 3 aromatic carbocycles. The van der Waals surface area contributed by atoms with Gasteiger partial charge in [0, 0.05) is 34.9 Å². The highest BCUT2D eigenvalue weighted by atomic mass is 32.2. The lowest BCUT2D eigenvalue weighted by Crippen LogP contribution is -2.32. The minimum absolute atomic E-state index is 0.0453. The van der Waals surface area contributed by atoms with Crippen molar-refractivity contribution in [2.24, 2.45) is 5.16 Å². The van der Waals surface area contributed by atoms with Crippen LogP contribution in [0.4, 0.5) is 22.0 Å². The van der Waals surface area contributed by atoms with Gasteiger partial charge in [0.15, 0.2) is 0 Å². The molecule has 11 heteroatoms. The minimum atomic E-state index is -4.81. The topological polar surface area (TPSA) is 52.8 Å². The van der Waals surface area contributed by atoms with Gasteiger partial charge in [-0.3, -0.25) is 9.36 Å².